The zero-order valence-corrected chi connectivity index (χ0v) is 41.7. The number of fused-ring (bicyclic) bond motifs is 3. The lowest BCUT2D eigenvalue weighted by Crippen LogP contribution is -2.62. The van der Waals surface area contributed by atoms with Crippen LogP contribution in [0, 0.1) is 11.8 Å². The summed E-state index contributed by atoms with van der Waals surface area (Å²) in [6, 6.07) is 13.5. The summed E-state index contributed by atoms with van der Waals surface area (Å²) in [5, 5.41) is 33.8. The van der Waals surface area contributed by atoms with E-state index in [-0.39, 0.29) is 15.6 Å². The highest BCUT2D eigenvalue weighted by atomic mass is 32.2. The van der Waals surface area contributed by atoms with Crippen molar-refractivity contribution in [1.29, 1.82) is 0 Å². The average Bonchev–Trinajstić information content (AvgIpc) is 1.73. The monoisotopic (exact) mass is 954 g/mol. The average molecular weight is 955 g/mol. The van der Waals surface area contributed by atoms with Crippen LogP contribution in [-0.2, 0) is 15.6 Å². The van der Waals surface area contributed by atoms with Crippen LogP contribution in [0.5, 0.6) is 0 Å². The lowest BCUT2D eigenvalue weighted by molar-refractivity contribution is 0.0342. The quantitative estimate of drug-likeness (QED) is 0.137. The van der Waals surface area contributed by atoms with E-state index in [1.807, 2.05) is 203 Å². The molecule has 12 aromatic carbocycles. The fourth-order valence-electron chi connectivity index (χ4n) is 33.1. The summed E-state index contributed by atoms with van der Waals surface area (Å²) in [5.74, 6) is 13.0. The summed E-state index contributed by atoms with van der Waals surface area (Å²) in [7, 11) is 0. The summed E-state index contributed by atoms with van der Waals surface area (Å²) in [6.45, 7) is 7.31. The van der Waals surface area contributed by atoms with E-state index in [0.717, 1.165) is 0 Å². The van der Waals surface area contributed by atoms with E-state index < -0.39 is 0 Å². The van der Waals surface area contributed by atoms with Crippen molar-refractivity contribution in [1.82, 2.24) is 0 Å². The van der Waals surface area contributed by atoms with Crippen LogP contribution in [0.4, 0.5) is 0 Å². The predicted octanol–water partition coefficient (Wildman–Crippen LogP) is 17.0. The molecule has 1 fully saturated rings. The Labute approximate surface area is 429 Å². The van der Waals surface area contributed by atoms with Gasteiger partial charge in [0.1, 0.15) is 0 Å². The van der Waals surface area contributed by atoms with Crippen LogP contribution in [0.25, 0.3) is 108 Å². The molecule has 35 rings (SSSR count). The van der Waals surface area contributed by atoms with Crippen LogP contribution >= 0.6 is 11.8 Å². The Hall–Kier alpha value is -5.89. The Balaban J connectivity index is 0.958. The highest BCUT2D eigenvalue weighted by Crippen LogP contribution is 3.01. The Bertz CT molecular complexity index is 5910. The molecule has 0 radical (unpaired) electrons. The fourth-order valence-corrected chi connectivity index (χ4v) is 35.3. The van der Waals surface area contributed by atoms with Crippen LogP contribution in [0.2, 0.25) is 0 Å². The number of rotatable bonds is 0. The minimum atomic E-state index is -0.0164. The van der Waals surface area contributed by atoms with Gasteiger partial charge in [-0.3, -0.25) is 0 Å². The molecule has 0 nitrogen and oxygen atoms in total. The van der Waals surface area contributed by atoms with Gasteiger partial charge in [-0.2, -0.15) is 0 Å². The van der Waals surface area contributed by atoms with Gasteiger partial charge in [-0.25, -0.2) is 0 Å². The zero-order chi connectivity index (χ0) is 45.1. The molecule has 0 saturated heterocycles. The molecule has 22 atom stereocenters. The van der Waals surface area contributed by atoms with Gasteiger partial charge in [-0.1, -0.05) is 51.1 Å². The highest BCUT2D eigenvalue weighted by molar-refractivity contribution is 8.01. The molecule has 1 heterocycles. The van der Waals surface area contributed by atoms with Crippen molar-refractivity contribution in [3.63, 3.8) is 0 Å². The number of hydrogen-bond donors (Lipinski definition) is 0. The van der Waals surface area contributed by atoms with Crippen molar-refractivity contribution >= 4 is 109 Å². The largest absolute Gasteiger partial charge is 0.112 e. The first-order chi connectivity index (χ1) is 37.0. The Morgan fingerprint density at radius 3 is 1.15 bits per heavy atom. The van der Waals surface area contributed by atoms with Gasteiger partial charge >= 0.3 is 0 Å². The number of thioether (sulfide) groups is 1. The molecule has 22 unspecified atom stereocenters. The van der Waals surface area contributed by atoms with E-state index in [2.05, 4.69) is 74.0 Å². The summed E-state index contributed by atoms with van der Waals surface area (Å²) >= 11 is 2.60. The van der Waals surface area contributed by atoms with Crippen molar-refractivity contribution in [3.05, 3.63) is 153 Å². The minimum Gasteiger partial charge on any atom is -0.112 e. The van der Waals surface area contributed by atoms with E-state index in [1.165, 1.54) is 10.9 Å². The van der Waals surface area contributed by atoms with Crippen LogP contribution < -0.4 is 0 Å². The molecule has 2 spiro atoms. The zero-order valence-electron chi connectivity index (χ0n) is 40.8. The highest BCUT2D eigenvalue weighted by Gasteiger charge is 2.89. The molecule has 1 saturated carbocycles. The maximum Gasteiger partial charge on any atom is 0.0645 e. The SMILES string of the molecule is CC(C)(C)c1ccc2c3c(ccc2c1)C12c4c5c6c7c8c9c%10c%11c%12c%13c%14c%15c(c%16c%13c%10c7c4-%16)C1(S3)C1C%15C3c4c7c%10c%13c%15c%16c%17c%18c%19c%20c%21c%22c%23c(c4c4c%22c%19c%16c%104)C3C%14C%12C%23C%21C%11C9C%20C%18C8C6C%17C%15C5C2C%13C71. The van der Waals surface area contributed by atoms with E-state index in [0.29, 0.717) is 118 Å². The molecule has 336 valence electrons. The van der Waals surface area contributed by atoms with Crippen molar-refractivity contribution in [2.45, 2.75) is 148 Å². The molecular formula is C74H34S. The van der Waals surface area contributed by atoms with Gasteiger partial charge in [0.2, 0.25) is 0 Å². The predicted molar refractivity (Wildman–Crippen MR) is 293 cm³/mol. The Morgan fingerprint density at radius 1 is 0.333 bits per heavy atom. The van der Waals surface area contributed by atoms with Crippen molar-refractivity contribution < 1.29 is 0 Å². The standard InChI is InChI=1S/C74H34S/c1-72(2,3)10-5-6-11-9(8-10)4-7-12-71(11)75-74-69-63-57-47-35-27-19-15-13-14-17-21(19)29(35)39-33-25(17)26-18(14)22-20-16(13)24-23(15)31-37(27)45-51-41(31)42-32(24)38-28(20)36-30(22)40-34(26)44-43(33)55(49(39)57)65(69)66-56(44)50(40)58-48(36)54-46(38)52(42)60-59(51)67(61(63)53(45)47)73(12,74)68(60)62(54)64(58)70(66)74/h4-8,15,17,19,21,23,25,31,33,41-44,52,56,60,62,64,66,68,70H,1-3H3. The Kier molecular flexibility index (Phi) is 2.93. The lowest BCUT2D eigenvalue weighted by atomic mass is 9.39. The topological polar surface area (TPSA) is 0 Å². The first-order valence-electron chi connectivity index (χ1n) is 30.5. The molecule has 1 heteroatoms. The third kappa shape index (κ3) is 1.77. The maximum absolute atomic E-state index is 2.90. The fraction of sp³-hybridized carbons (Fsp3) is 0.351. The molecule has 0 aromatic heterocycles. The molecule has 0 bridgehead atoms. The Morgan fingerprint density at radius 2 is 0.680 bits per heavy atom. The second-order valence-electron chi connectivity index (χ2n) is 32.2. The van der Waals surface area contributed by atoms with Crippen molar-refractivity contribution in [2.24, 2.45) is 11.8 Å². The summed E-state index contributed by atoms with van der Waals surface area (Å²) in [4.78, 5) is 1.74. The van der Waals surface area contributed by atoms with Crippen molar-refractivity contribution in [3.8, 4) is 11.1 Å². The van der Waals surface area contributed by atoms with Gasteiger partial charge in [0, 0.05) is 10.3 Å². The summed E-state index contributed by atoms with van der Waals surface area (Å²) in [6.07, 6.45) is 0. The van der Waals surface area contributed by atoms with Crippen molar-refractivity contribution in [2.75, 3.05) is 0 Å². The molecule has 1 aliphatic heterocycles. The van der Waals surface area contributed by atoms with E-state index in [1.54, 1.807) is 10.3 Å². The van der Waals surface area contributed by atoms with Gasteiger partial charge in [0.25, 0.3) is 0 Å². The minimum absolute atomic E-state index is 0.0138. The number of benzene rings is 11. The van der Waals surface area contributed by atoms with Gasteiger partial charge in [0.05, 0.1) is 4.75 Å². The second kappa shape index (κ2) is 7.15. The van der Waals surface area contributed by atoms with Gasteiger partial charge < -0.3 is 0 Å². The third-order valence-corrected chi connectivity index (χ3v) is 33.8. The van der Waals surface area contributed by atoms with Crippen LogP contribution in [0.15, 0.2) is 35.2 Å². The van der Waals surface area contributed by atoms with E-state index >= 15 is 0 Å². The second-order valence-corrected chi connectivity index (χ2v) is 33.5. The van der Waals surface area contributed by atoms with Gasteiger partial charge in [-0.15, -0.1) is 11.8 Å². The molecular weight excluding hydrogens is 921 g/mol. The number of hydrogen-bond acceptors (Lipinski definition) is 1. The van der Waals surface area contributed by atoms with Crippen LogP contribution in [-0.4, -0.2) is 0 Å². The molecule has 0 amide bonds. The lowest BCUT2D eigenvalue weighted by Gasteiger charge is -2.65. The molecule has 12 aromatic rings. The summed E-state index contributed by atoms with van der Waals surface area (Å²) < 4.78 is 0.0138. The molecule has 23 aliphatic rings. The van der Waals surface area contributed by atoms with Gasteiger partial charge in [0.15, 0.2) is 0 Å². The summed E-state index contributed by atoms with van der Waals surface area (Å²) in [5.41, 5.74) is 47.9. The molecule has 22 aliphatic carbocycles. The van der Waals surface area contributed by atoms with E-state index in [4.69, 9.17) is 0 Å². The third-order valence-electron chi connectivity index (χ3n) is 32.0. The van der Waals surface area contributed by atoms with Crippen LogP contribution in [0.3, 0.4) is 0 Å². The van der Waals surface area contributed by atoms with Gasteiger partial charge in [-0.05, 0) is 354 Å². The molecule has 75 heavy (non-hydrogen) atoms. The maximum atomic E-state index is 2.90. The smallest absolute Gasteiger partial charge is 0.0645 e. The first kappa shape index (κ1) is 30.7. The normalized spacial score (nSPS) is 45.9. The van der Waals surface area contributed by atoms with Crippen LogP contribution in [0.1, 0.15) is 250 Å². The first-order valence-corrected chi connectivity index (χ1v) is 31.3. The van der Waals surface area contributed by atoms with E-state index in [9.17, 15) is 0 Å². The molecule has 0 N–H and O–H groups in total.